The smallest absolute Gasteiger partial charge is 0.407 e. The van der Waals surface area contributed by atoms with Gasteiger partial charge in [-0.2, -0.15) is 5.10 Å². The molecule has 0 atom stereocenters. The number of rotatable bonds is 7. The van der Waals surface area contributed by atoms with Crippen molar-refractivity contribution < 1.29 is 19.2 Å². The number of aromatic hydroxyl groups is 1. The van der Waals surface area contributed by atoms with Gasteiger partial charge in [-0.15, -0.1) is 0 Å². The van der Waals surface area contributed by atoms with Crippen molar-refractivity contribution in [2.75, 3.05) is 0 Å². The second kappa shape index (κ2) is 9.76. The zero-order valence-corrected chi connectivity index (χ0v) is 21.0. The average molecular weight is 495 g/mol. The average Bonchev–Trinajstić information content (AvgIpc) is 3.45. The fourth-order valence-corrected chi connectivity index (χ4v) is 3.80. The Morgan fingerprint density at radius 2 is 1.92 bits per heavy atom. The van der Waals surface area contributed by atoms with Gasteiger partial charge in [0.05, 0.1) is 36.9 Å². The Morgan fingerprint density at radius 3 is 2.61 bits per heavy atom. The van der Waals surface area contributed by atoms with Gasteiger partial charge in [-0.05, 0) is 45.7 Å². The third kappa shape index (κ3) is 5.68. The summed E-state index contributed by atoms with van der Waals surface area (Å²) in [5, 5.41) is 21.5. The second-order valence-electron chi connectivity index (χ2n) is 9.61. The lowest BCUT2D eigenvalue weighted by Crippen LogP contribution is -2.32. The van der Waals surface area contributed by atoms with Crippen molar-refractivity contribution in [2.24, 2.45) is 0 Å². The van der Waals surface area contributed by atoms with E-state index in [0.717, 1.165) is 22.4 Å². The summed E-state index contributed by atoms with van der Waals surface area (Å²) in [7, 11) is 0. The maximum atomic E-state index is 13.1. The van der Waals surface area contributed by atoms with Crippen molar-refractivity contribution in [1.29, 1.82) is 0 Å². The highest BCUT2D eigenvalue weighted by molar-refractivity contribution is 5.67. The number of hydrogen-bond acceptors (Lipinski definition) is 7. The van der Waals surface area contributed by atoms with Gasteiger partial charge in [0, 0.05) is 18.3 Å². The van der Waals surface area contributed by atoms with E-state index < -0.39 is 17.4 Å². The van der Waals surface area contributed by atoms with Crippen molar-refractivity contribution in [3.8, 4) is 11.6 Å². The van der Waals surface area contributed by atoms with Gasteiger partial charge in [-0.3, -0.25) is 9.25 Å². The fourth-order valence-electron chi connectivity index (χ4n) is 3.80. The number of carbonyl (C=O) groups excluding carboxylic acids is 1. The largest absolute Gasteiger partial charge is 0.493 e. The molecule has 3 heterocycles. The molecule has 0 aliphatic rings. The van der Waals surface area contributed by atoms with Crippen molar-refractivity contribution >= 4 is 6.09 Å². The molecule has 11 nitrogen and oxygen atoms in total. The first-order valence-corrected chi connectivity index (χ1v) is 11.5. The molecule has 0 aliphatic carbocycles. The zero-order valence-electron chi connectivity index (χ0n) is 21.0. The molecule has 0 unspecified atom stereocenters. The number of amides is 1. The van der Waals surface area contributed by atoms with Crippen LogP contribution in [-0.2, 0) is 24.4 Å². The standard InChI is InChI=1S/C25H30N6O5/c1-16-21(17(2)36-28-16)14-30-13-20(11-27-30)31-22(32)15-29(24(31)34)12-19-8-6-7-18(9-19)10-26-23(33)35-25(3,4)5/h6-9,11,13,15,32H,10,12,14H2,1-5H3,(H,26,33). The fraction of sp³-hybridized carbons (Fsp3) is 0.360. The van der Waals surface area contributed by atoms with Gasteiger partial charge < -0.3 is 19.7 Å². The van der Waals surface area contributed by atoms with Crippen LogP contribution in [0.15, 0.2) is 52.2 Å². The topological polar surface area (TPSA) is 129 Å². The summed E-state index contributed by atoms with van der Waals surface area (Å²) in [6.45, 7) is 10.1. The normalized spacial score (nSPS) is 11.6. The Balaban J connectivity index is 1.47. The molecule has 36 heavy (non-hydrogen) atoms. The summed E-state index contributed by atoms with van der Waals surface area (Å²) in [5.41, 5.74) is 2.86. The van der Waals surface area contributed by atoms with Gasteiger partial charge in [0.25, 0.3) is 0 Å². The molecule has 3 aromatic heterocycles. The number of imidazole rings is 1. The van der Waals surface area contributed by atoms with Crippen LogP contribution in [-0.4, -0.2) is 40.9 Å². The van der Waals surface area contributed by atoms with Gasteiger partial charge in [-0.25, -0.2) is 14.2 Å². The third-order valence-electron chi connectivity index (χ3n) is 5.50. The number of carbonyl (C=O) groups is 1. The van der Waals surface area contributed by atoms with E-state index in [1.807, 2.05) is 38.1 Å². The molecule has 4 aromatic rings. The molecule has 4 rings (SSSR count). The zero-order chi connectivity index (χ0) is 26.0. The predicted molar refractivity (Wildman–Crippen MR) is 131 cm³/mol. The number of benzene rings is 1. The van der Waals surface area contributed by atoms with Gasteiger partial charge >= 0.3 is 11.8 Å². The van der Waals surface area contributed by atoms with E-state index in [0.29, 0.717) is 18.0 Å². The Labute approximate surface area is 207 Å². The Bertz CT molecular complexity index is 1420. The highest BCUT2D eigenvalue weighted by atomic mass is 16.6. The minimum atomic E-state index is -0.576. The van der Waals surface area contributed by atoms with Crippen LogP contribution in [0.4, 0.5) is 4.79 Å². The molecular weight excluding hydrogens is 464 g/mol. The summed E-state index contributed by atoms with van der Waals surface area (Å²) in [6, 6.07) is 7.49. The number of alkyl carbamates (subject to hydrolysis) is 1. The quantitative estimate of drug-likeness (QED) is 0.403. The Morgan fingerprint density at radius 1 is 1.17 bits per heavy atom. The first-order chi connectivity index (χ1) is 17.0. The summed E-state index contributed by atoms with van der Waals surface area (Å²) < 4.78 is 14.7. The van der Waals surface area contributed by atoms with Crippen LogP contribution in [0.25, 0.3) is 5.69 Å². The van der Waals surface area contributed by atoms with Crippen LogP contribution in [0.2, 0.25) is 0 Å². The summed E-state index contributed by atoms with van der Waals surface area (Å²) in [4.78, 5) is 25.0. The van der Waals surface area contributed by atoms with Crippen LogP contribution in [0.5, 0.6) is 5.88 Å². The van der Waals surface area contributed by atoms with E-state index >= 15 is 0 Å². The van der Waals surface area contributed by atoms with Gasteiger partial charge in [0.1, 0.15) is 11.4 Å². The van der Waals surface area contributed by atoms with Crippen LogP contribution in [0.1, 0.15) is 48.9 Å². The van der Waals surface area contributed by atoms with Crippen LogP contribution < -0.4 is 11.0 Å². The van der Waals surface area contributed by atoms with E-state index in [1.165, 1.54) is 21.5 Å². The number of ether oxygens (including phenoxy) is 1. The molecule has 0 fully saturated rings. The molecule has 1 aromatic carbocycles. The SMILES string of the molecule is Cc1noc(C)c1Cn1cc(-n2c(O)cn(Cc3cccc(CNC(=O)OC(C)(C)C)c3)c2=O)cn1. The molecule has 190 valence electrons. The van der Waals surface area contributed by atoms with Crippen molar-refractivity contribution in [3.63, 3.8) is 0 Å². The van der Waals surface area contributed by atoms with E-state index in [-0.39, 0.29) is 19.0 Å². The lowest BCUT2D eigenvalue weighted by atomic mass is 10.1. The molecule has 0 bridgehead atoms. The number of nitrogens with one attached hydrogen (secondary N) is 1. The molecule has 0 saturated carbocycles. The highest BCUT2D eigenvalue weighted by Gasteiger charge is 2.17. The van der Waals surface area contributed by atoms with Gasteiger partial charge in [0.2, 0.25) is 5.88 Å². The lowest BCUT2D eigenvalue weighted by molar-refractivity contribution is 0.0523. The molecule has 0 radical (unpaired) electrons. The number of nitrogens with zero attached hydrogens (tertiary/aromatic N) is 5. The highest BCUT2D eigenvalue weighted by Crippen LogP contribution is 2.18. The van der Waals surface area contributed by atoms with Gasteiger partial charge in [0.15, 0.2) is 0 Å². The molecule has 0 saturated heterocycles. The maximum absolute atomic E-state index is 13.1. The number of aromatic nitrogens is 5. The van der Waals surface area contributed by atoms with E-state index in [2.05, 4.69) is 15.6 Å². The lowest BCUT2D eigenvalue weighted by Gasteiger charge is -2.19. The minimum Gasteiger partial charge on any atom is -0.493 e. The van der Waals surface area contributed by atoms with Crippen molar-refractivity contribution in [2.45, 2.75) is 59.9 Å². The number of aryl methyl sites for hydroxylation is 2. The first-order valence-electron chi connectivity index (χ1n) is 11.5. The third-order valence-corrected chi connectivity index (χ3v) is 5.50. The molecular formula is C25H30N6O5. The summed E-state index contributed by atoms with van der Waals surface area (Å²) in [6.07, 6.45) is 4.09. The summed E-state index contributed by atoms with van der Waals surface area (Å²) >= 11 is 0. The molecule has 1 amide bonds. The van der Waals surface area contributed by atoms with Crippen molar-refractivity contribution in [3.05, 3.63) is 81.5 Å². The molecule has 0 aliphatic heterocycles. The van der Waals surface area contributed by atoms with E-state index in [9.17, 15) is 14.7 Å². The summed E-state index contributed by atoms with van der Waals surface area (Å²) in [5.74, 6) is 0.513. The second-order valence-corrected chi connectivity index (χ2v) is 9.61. The predicted octanol–water partition coefficient (Wildman–Crippen LogP) is 3.27. The van der Waals surface area contributed by atoms with Crippen LogP contribution >= 0.6 is 0 Å². The molecule has 2 N–H and O–H groups in total. The van der Waals surface area contributed by atoms with Crippen LogP contribution in [0.3, 0.4) is 0 Å². The molecule has 11 heteroatoms. The number of hydrogen-bond donors (Lipinski definition) is 2. The monoisotopic (exact) mass is 494 g/mol. The van der Waals surface area contributed by atoms with Gasteiger partial charge in [-0.1, -0.05) is 29.4 Å². The Hall–Kier alpha value is -4.28. The van der Waals surface area contributed by atoms with E-state index in [1.54, 1.807) is 31.6 Å². The van der Waals surface area contributed by atoms with E-state index in [4.69, 9.17) is 9.26 Å². The molecule has 0 spiro atoms. The van der Waals surface area contributed by atoms with Crippen LogP contribution in [0, 0.1) is 13.8 Å². The minimum absolute atomic E-state index is 0.195. The van der Waals surface area contributed by atoms with Crippen molar-refractivity contribution in [1.82, 2.24) is 29.4 Å². The Kier molecular flexibility index (Phi) is 6.73. The maximum Gasteiger partial charge on any atom is 0.407 e. The first kappa shape index (κ1) is 24.8.